The minimum absolute atomic E-state index is 0.0654. The Kier molecular flexibility index (Phi) is 12.9. The van der Waals surface area contributed by atoms with Gasteiger partial charge in [-0.15, -0.1) is 0 Å². The molecule has 0 unspecified atom stereocenters. The number of nitrogens with one attached hydrogen (secondary N) is 1. The zero-order valence-electron chi connectivity index (χ0n) is 26.6. The number of hydrogen-bond acceptors (Lipinski definition) is 7. The second-order valence-corrected chi connectivity index (χ2v) is 12.6. The summed E-state index contributed by atoms with van der Waals surface area (Å²) in [6.45, 7) is 7.42. The van der Waals surface area contributed by atoms with Gasteiger partial charge in [0.2, 0.25) is 11.8 Å². The van der Waals surface area contributed by atoms with Crippen molar-refractivity contribution in [2.24, 2.45) is 0 Å². The molecule has 0 heterocycles. The van der Waals surface area contributed by atoms with E-state index in [1.807, 2.05) is 27.7 Å². The van der Waals surface area contributed by atoms with Crippen LogP contribution in [0.4, 0.5) is 5.69 Å². The second kappa shape index (κ2) is 16.4. The third-order valence-electron chi connectivity index (χ3n) is 7.31. The van der Waals surface area contributed by atoms with Gasteiger partial charge in [0.25, 0.3) is 10.0 Å². The molecule has 0 aliphatic heterocycles. The first-order chi connectivity index (χ1) is 21.5. The fourth-order valence-electron chi connectivity index (χ4n) is 4.66. The van der Waals surface area contributed by atoms with E-state index < -0.39 is 28.5 Å². The summed E-state index contributed by atoms with van der Waals surface area (Å²) in [5, 5.41) is 3.50. The molecule has 3 rings (SSSR count). The molecule has 10 nitrogen and oxygen atoms in total. The highest BCUT2D eigenvalue weighted by Gasteiger charge is 2.34. The standard InChI is InChI=1S/C33H42ClN3O7S/c1-7-23(4)35-33(39)29(8-2)36(21-24-10-12-25(34)13-11-24)32(38)22-37(26-14-16-27(17-15-26)44-9-3)45(40,41)28-18-19-30(42-5)31(20-28)43-6/h10-20,23,29H,7-9,21-22H2,1-6H3,(H,35,39)/t23-,29+/m1/s1. The Morgan fingerprint density at radius 1 is 0.889 bits per heavy atom. The molecule has 0 spiro atoms. The first-order valence-corrected chi connectivity index (χ1v) is 16.6. The predicted molar refractivity (Wildman–Crippen MR) is 176 cm³/mol. The Morgan fingerprint density at radius 3 is 2.09 bits per heavy atom. The van der Waals surface area contributed by atoms with Gasteiger partial charge < -0.3 is 24.4 Å². The van der Waals surface area contributed by atoms with Crippen molar-refractivity contribution in [3.8, 4) is 17.2 Å². The van der Waals surface area contributed by atoms with Crippen molar-refractivity contribution in [3.63, 3.8) is 0 Å². The molecule has 1 N–H and O–H groups in total. The van der Waals surface area contributed by atoms with Crippen molar-refractivity contribution >= 4 is 39.1 Å². The summed E-state index contributed by atoms with van der Waals surface area (Å²) >= 11 is 6.10. The van der Waals surface area contributed by atoms with Gasteiger partial charge in [-0.3, -0.25) is 13.9 Å². The van der Waals surface area contributed by atoms with E-state index in [4.69, 9.17) is 25.8 Å². The van der Waals surface area contributed by atoms with Crippen LogP contribution in [-0.2, 0) is 26.2 Å². The molecule has 0 bridgehead atoms. The fraction of sp³-hybridized carbons (Fsp3) is 0.394. The smallest absolute Gasteiger partial charge is 0.264 e. The second-order valence-electron chi connectivity index (χ2n) is 10.3. The average Bonchev–Trinajstić information content (AvgIpc) is 3.04. The van der Waals surface area contributed by atoms with E-state index in [1.54, 1.807) is 48.5 Å². The molecule has 0 saturated carbocycles. The van der Waals surface area contributed by atoms with Crippen molar-refractivity contribution < 1.29 is 32.2 Å². The van der Waals surface area contributed by atoms with Gasteiger partial charge in [-0.1, -0.05) is 37.6 Å². The summed E-state index contributed by atoms with van der Waals surface area (Å²) in [4.78, 5) is 29.0. The van der Waals surface area contributed by atoms with Crippen LogP contribution in [0.5, 0.6) is 17.2 Å². The Labute approximate surface area is 271 Å². The van der Waals surface area contributed by atoms with Crippen LogP contribution in [0.3, 0.4) is 0 Å². The first-order valence-electron chi connectivity index (χ1n) is 14.8. The van der Waals surface area contributed by atoms with Gasteiger partial charge >= 0.3 is 0 Å². The monoisotopic (exact) mass is 659 g/mol. The summed E-state index contributed by atoms with van der Waals surface area (Å²) in [7, 11) is -1.47. The molecule has 2 atom stereocenters. The molecule has 0 aromatic heterocycles. The average molecular weight is 660 g/mol. The lowest BCUT2D eigenvalue weighted by atomic mass is 10.1. The summed E-state index contributed by atoms with van der Waals surface area (Å²) in [5.41, 5.74) is 0.975. The van der Waals surface area contributed by atoms with Gasteiger partial charge in [0.1, 0.15) is 18.3 Å². The lowest BCUT2D eigenvalue weighted by Crippen LogP contribution is -2.53. The van der Waals surface area contributed by atoms with E-state index in [0.717, 1.165) is 9.87 Å². The van der Waals surface area contributed by atoms with Gasteiger partial charge in [0, 0.05) is 23.7 Å². The summed E-state index contributed by atoms with van der Waals surface area (Å²) in [6.07, 6.45) is 1.02. The van der Waals surface area contributed by atoms with Gasteiger partial charge in [-0.2, -0.15) is 0 Å². The number of ether oxygens (including phenoxy) is 3. The quantitative estimate of drug-likeness (QED) is 0.211. The number of amides is 2. The van der Waals surface area contributed by atoms with Crippen LogP contribution in [-0.4, -0.2) is 64.6 Å². The van der Waals surface area contributed by atoms with Crippen LogP contribution in [0.1, 0.15) is 46.1 Å². The molecular formula is C33H42ClN3O7S. The molecule has 45 heavy (non-hydrogen) atoms. The molecule has 0 aliphatic rings. The van der Waals surface area contributed by atoms with E-state index >= 15 is 0 Å². The topological polar surface area (TPSA) is 114 Å². The van der Waals surface area contributed by atoms with Crippen LogP contribution < -0.4 is 23.8 Å². The Balaban J connectivity index is 2.11. The number of rotatable bonds is 16. The van der Waals surface area contributed by atoms with Crippen LogP contribution in [0.25, 0.3) is 0 Å². The van der Waals surface area contributed by atoms with Gasteiger partial charge in [-0.05, 0) is 80.8 Å². The molecule has 244 valence electrons. The molecule has 3 aromatic carbocycles. The zero-order chi connectivity index (χ0) is 33.1. The van der Waals surface area contributed by atoms with Gasteiger partial charge in [0.15, 0.2) is 11.5 Å². The van der Waals surface area contributed by atoms with Crippen molar-refractivity contribution in [3.05, 3.63) is 77.3 Å². The van der Waals surface area contributed by atoms with E-state index in [1.165, 1.54) is 37.3 Å². The van der Waals surface area contributed by atoms with Crippen molar-refractivity contribution in [1.29, 1.82) is 0 Å². The van der Waals surface area contributed by atoms with Crippen LogP contribution in [0.2, 0.25) is 5.02 Å². The molecule has 3 aromatic rings. The Bertz CT molecular complexity index is 1530. The van der Waals surface area contributed by atoms with Gasteiger partial charge in [0.05, 0.1) is 31.4 Å². The minimum Gasteiger partial charge on any atom is -0.494 e. The Morgan fingerprint density at radius 2 is 1.53 bits per heavy atom. The minimum atomic E-state index is -4.33. The Hall–Kier alpha value is -3.96. The van der Waals surface area contributed by atoms with E-state index in [2.05, 4.69) is 5.32 Å². The molecule has 0 saturated heterocycles. The third-order valence-corrected chi connectivity index (χ3v) is 9.33. The first kappa shape index (κ1) is 35.5. The highest BCUT2D eigenvalue weighted by Crippen LogP contribution is 2.33. The molecular weight excluding hydrogens is 618 g/mol. The maximum Gasteiger partial charge on any atom is 0.264 e. The highest BCUT2D eigenvalue weighted by atomic mass is 35.5. The van der Waals surface area contributed by atoms with E-state index in [0.29, 0.717) is 36.0 Å². The molecule has 0 radical (unpaired) electrons. The highest BCUT2D eigenvalue weighted by molar-refractivity contribution is 7.92. The normalized spacial score (nSPS) is 12.5. The van der Waals surface area contributed by atoms with Crippen LogP contribution in [0.15, 0.2) is 71.6 Å². The lowest BCUT2D eigenvalue weighted by Gasteiger charge is -2.33. The number of carbonyl (C=O) groups excluding carboxylic acids is 2. The maximum absolute atomic E-state index is 14.3. The summed E-state index contributed by atoms with van der Waals surface area (Å²) in [5.74, 6) is 0.243. The maximum atomic E-state index is 14.3. The van der Waals surface area contributed by atoms with Gasteiger partial charge in [-0.25, -0.2) is 8.42 Å². The van der Waals surface area contributed by atoms with E-state index in [9.17, 15) is 18.0 Å². The van der Waals surface area contributed by atoms with Crippen LogP contribution >= 0.6 is 11.6 Å². The number of methoxy groups -OCH3 is 2. The van der Waals surface area contributed by atoms with Crippen molar-refractivity contribution in [1.82, 2.24) is 10.2 Å². The number of hydrogen-bond donors (Lipinski definition) is 1. The van der Waals surface area contributed by atoms with Crippen LogP contribution in [0, 0.1) is 0 Å². The van der Waals surface area contributed by atoms with E-state index in [-0.39, 0.29) is 34.8 Å². The fourth-order valence-corrected chi connectivity index (χ4v) is 6.21. The number of sulfonamides is 1. The number of nitrogens with zero attached hydrogens (tertiary/aromatic N) is 2. The molecule has 0 fully saturated rings. The molecule has 12 heteroatoms. The number of halogens is 1. The number of carbonyl (C=O) groups is 2. The third kappa shape index (κ3) is 9.04. The number of anilines is 1. The molecule has 0 aliphatic carbocycles. The largest absolute Gasteiger partial charge is 0.494 e. The zero-order valence-corrected chi connectivity index (χ0v) is 28.2. The number of benzene rings is 3. The summed E-state index contributed by atoms with van der Waals surface area (Å²) < 4.78 is 45.7. The predicted octanol–water partition coefficient (Wildman–Crippen LogP) is 5.67. The summed E-state index contributed by atoms with van der Waals surface area (Å²) in [6, 6.07) is 16.6. The molecule has 2 amide bonds. The SMILES string of the molecule is CCOc1ccc(N(CC(=O)N(Cc2ccc(Cl)cc2)[C@@H](CC)C(=O)N[C@H](C)CC)S(=O)(=O)c2ccc(OC)c(OC)c2)cc1. The lowest BCUT2D eigenvalue weighted by molar-refractivity contribution is -0.140. The van der Waals surface area contributed by atoms with Crippen molar-refractivity contribution in [2.75, 3.05) is 31.7 Å². The van der Waals surface area contributed by atoms with Crippen molar-refractivity contribution in [2.45, 2.75) is 64.1 Å².